The summed E-state index contributed by atoms with van der Waals surface area (Å²) in [6.07, 6.45) is 1.55. The first-order valence-electron chi connectivity index (χ1n) is 8.44. The molecule has 0 saturated carbocycles. The van der Waals surface area contributed by atoms with Gasteiger partial charge in [-0.15, -0.1) is 0 Å². The molecule has 0 unspecified atom stereocenters. The molecule has 3 aromatic carbocycles. The van der Waals surface area contributed by atoms with Crippen LogP contribution < -0.4 is 4.18 Å². The topological polar surface area (TPSA) is 98.9 Å². The molecule has 0 saturated heterocycles. The summed E-state index contributed by atoms with van der Waals surface area (Å²) in [7, 11) is -4.00. The molecule has 0 aliphatic rings. The van der Waals surface area contributed by atoms with E-state index in [1.165, 1.54) is 36.4 Å². The number of nitro groups is 1. The average molecular weight is 554 g/mol. The molecule has 0 fully saturated rings. The fourth-order valence-electron chi connectivity index (χ4n) is 2.41. The molecule has 0 aliphatic heterocycles. The lowest BCUT2D eigenvalue weighted by Gasteiger charge is -2.11. The summed E-state index contributed by atoms with van der Waals surface area (Å²) in [5, 5.41) is 10.7. The summed E-state index contributed by atoms with van der Waals surface area (Å²) < 4.78 is 31.2. The van der Waals surface area contributed by atoms with Gasteiger partial charge in [-0.2, -0.15) is 8.42 Å². The van der Waals surface area contributed by atoms with Crippen LogP contribution in [0.25, 0.3) is 0 Å². The zero-order chi connectivity index (χ0) is 21.9. The Hall–Kier alpha value is -2.56. The number of aliphatic imine (C=N–C) groups is 1. The normalized spacial score (nSPS) is 11.6. The monoisotopic (exact) mass is 552 g/mol. The zero-order valence-electron chi connectivity index (χ0n) is 15.5. The quantitative estimate of drug-likeness (QED) is 0.163. The lowest BCUT2D eigenvalue weighted by Crippen LogP contribution is -2.10. The summed E-state index contributed by atoms with van der Waals surface area (Å²) in [5.41, 5.74) is 2.12. The number of aryl methyl sites for hydroxylation is 1. The largest absolute Gasteiger partial charge is 0.377 e. The van der Waals surface area contributed by atoms with Crippen LogP contribution in [0.5, 0.6) is 5.75 Å². The molecule has 0 amide bonds. The van der Waals surface area contributed by atoms with Crippen LogP contribution in [0.2, 0.25) is 0 Å². The van der Waals surface area contributed by atoms with Gasteiger partial charge in [-0.3, -0.25) is 15.1 Å². The number of benzene rings is 3. The van der Waals surface area contributed by atoms with Crippen molar-refractivity contribution < 1.29 is 17.5 Å². The van der Waals surface area contributed by atoms with E-state index in [9.17, 15) is 18.5 Å². The molecule has 0 aliphatic carbocycles. The molecule has 30 heavy (non-hydrogen) atoms. The van der Waals surface area contributed by atoms with Crippen molar-refractivity contribution in [2.24, 2.45) is 4.99 Å². The van der Waals surface area contributed by atoms with Gasteiger partial charge >= 0.3 is 10.1 Å². The average Bonchev–Trinajstić information content (AvgIpc) is 2.70. The van der Waals surface area contributed by atoms with Crippen LogP contribution in [0.4, 0.5) is 11.4 Å². The molecule has 0 heterocycles. The van der Waals surface area contributed by atoms with Gasteiger partial charge in [0.2, 0.25) is 0 Å². The van der Waals surface area contributed by atoms with Crippen molar-refractivity contribution in [2.75, 3.05) is 0 Å². The number of nitro benzene ring substituents is 1. The molecule has 0 radical (unpaired) electrons. The van der Waals surface area contributed by atoms with E-state index >= 15 is 0 Å². The van der Waals surface area contributed by atoms with E-state index in [1.54, 1.807) is 30.5 Å². The number of non-ortho nitro benzene ring substituents is 1. The molecule has 7 nitrogen and oxygen atoms in total. The molecule has 0 atom stereocenters. The maximum absolute atomic E-state index is 12.6. The highest BCUT2D eigenvalue weighted by Crippen LogP contribution is 2.36. The number of hydrogen-bond acceptors (Lipinski definition) is 6. The Bertz CT molecular complexity index is 1200. The van der Waals surface area contributed by atoms with Gasteiger partial charge in [-0.1, -0.05) is 17.7 Å². The van der Waals surface area contributed by atoms with Gasteiger partial charge in [-0.25, -0.2) is 0 Å². The molecule has 3 aromatic rings. The lowest BCUT2D eigenvalue weighted by molar-refractivity contribution is -0.384. The summed E-state index contributed by atoms with van der Waals surface area (Å²) in [6.45, 7) is 1.86. The van der Waals surface area contributed by atoms with Gasteiger partial charge < -0.3 is 4.18 Å². The van der Waals surface area contributed by atoms with Crippen molar-refractivity contribution >= 4 is 59.6 Å². The van der Waals surface area contributed by atoms with E-state index < -0.39 is 15.0 Å². The minimum absolute atomic E-state index is 0.0178. The van der Waals surface area contributed by atoms with Crippen LogP contribution in [-0.2, 0) is 10.1 Å². The predicted octanol–water partition coefficient (Wildman–Crippen LogP) is 5.95. The lowest BCUT2D eigenvalue weighted by atomic mass is 10.2. The van der Waals surface area contributed by atoms with Gasteiger partial charge in [0.25, 0.3) is 5.69 Å². The molecular formula is C20H14Br2N2O5S. The molecule has 0 N–H and O–H groups in total. The van der Waals surface area contributed by atoms with Crippen molar-refractivity contribution in [1.29, 1.82) is 0 Å². The number of hydrogen-bond donors (Lipinski definition) is 0. The molecule has 0 spiro atoms. The van der Waals surface area contributed by atoms with E-state index in [4.69, 9.17) is 4.18 Å². The van der Waals surface area contributed by atoms with Gasteiger partial charge in [0.05, 0.1) is 19.6 Å². The van der Waals surface area contributed by atoms with Crippen molar-refractivity contribution in [3.05, 3.63) is 90.9 Å². The van der Waals surface area contributed by atoms with Gasteiger partial charge in [0.1, 0.15) is 4.90 Å². The zero-order valence-corrected chi connectivity index (χ0v) is 19.4. The second-order valence-corrected chi connectivity index (χ2v) is 9.45. The van der Waals surface area contributed by atoms with Crippen LogP contribution in [-0.4, -0.2) is 19.6 Å². The SMILES string of the molecule is Cc1ccc(S(=O)(=O)Oc2c(Br)cc(C=Nc3ccc([N+](=O)[O-])cc3)cc2Br)cc1. The summed E-state index contributed by atoms with van der Waals surface area (Å²) >= 11 is 6.66. The predicted molar refractivity (Wildman–Crippen MR) is 121 cm³/mol. The van der Waals surface area contributed by atoms with Crippen molar-refractivity contribution in [2.45, 2.75) is 11.8 Å². The van der Waals surface area contributed by atoms with Crippen LogP contribution in [0.3, 0.4) is 0 Å². The van der Waals surface area contributed by atoms with Crippen molar-refractivity contribution in [3.8, 4) is 5.75 Å². The van der Waals surface area contributed by atoms with Crippen LogP contribution in [0.1, 0.15) is 11.1 Å². The molecular weight excluding hydrogens is 540 g/mol. The summed E-state index contributed by atoms with van der Waals surface area (Å²) in [5.74, 6) is 0.114. The third-order valence-corrected chi connectivity index (χ3v) is 6.36. The second kappa shape index (κ2) is 9.07. The third kappa shape index (κ3) is 5.32. The fourth-order valence-corrected chi connectivity index (χ4v) is 4.97. The van der Waals surface area contributed by atoms with Crippen LogP contribution in [0.15, 0.2) is 79.5 Å². The summed E-state index contributed by atoms with van der Waals surface area (Å²) in [4.78, 5) is 14.5. The molecule has 0 bridgehead atoms. The maximum atomic E-state index is 12.6. The smallest absolute Gasteiger partial charge is 0.339 e. The van der Waals surface area contributed by atoms with Crippen LogP contribution in [0, 0.1) is 17.0 Å². The first kappa shape index (κ1) is 22.1. The number of nitrogens with zero attached hydrogens (tertiary/aromatic N) is 2. The Balaban J connectivity index is 1.83. The standard InChI is InChI=1S/C20H14Br2N2O5S/c1-13-2-8-17(9-3-13)30(27,28)29-20-18(21)10-14(11-19(20)22)12-23-15-4-6-16(7-5-15)24(25)26/h2-12H,1H3. The molecule has 0 aromatic heterocycles. The Morgan fingerprint density at radius 3 is 2.10 bits per heavy atom. The number of halogens is 2. The van der Waals surface area contributed by atoms with Crippen molar-refractivity contribution in [1.82, 2.24) is 0 Å². The molecule has 3 rings (SSSR count). The first-order chi connectivity index (χ1) is 14.2. The van der Waals surface area contributed by atoms with Gasteiger partial charge in [0, 0.05) is 18.3 Å². The minimum atomic E-state index is -4.00. The Kier molecular flexibility index (Phi) is 6.69. The Morgan fingerprint density at radius 2 is 1.57 bits per heavy atom. The minimum Gasteiger partial charge on any atom is -0.377 e. The highest BCUT2D eigenvalue weighted by atomic mass is 79.9. The van der Waals surface area contributed by atoms with Gasteiger partial charge in [0.15, 0.2) is 5.75 Å². The Morgan fingerprint density at radius 1 is 1.00 bits per heavy atom. The van der Waals surface area contributed by atoms with E-state index in [1.807, 2.05) is 6.92 Å². The van der Waals surface area contributed by atoms with Gasteiger partial charge in [-0.05, 0) is 80.7 Å². The number of rotatable bonds is 6. The first-order valence-corrected chi connectivity index (χ1v) is 11.4. The fraction of sp³-hybridized carbons (Fsp3) is 0.0500. The van der Waals surface area contributed by atoms with E-state index in [2.05, 4.69) is 36.9 Å². The highest BCUT2D eigenvalue weighted by Gasteiger charge is 2.20. The molecule has 10 heteroatoms. The highest BCUT2D eigenvalue weighted by molar-refractivity contribution is 9.11. The second-order valence-electron chi connectivity index (χ2n) is 6.20. The van der Waals surface area contributed by atoms with Crippen LogP contribution >= 0.6 is 31.9 Å². The Labute approximate surface area is 190 Å². The summed E-state index contributed by atoms with van der Waals surface area (Å²) in [6, 6.07) is 15.5. The van der Waals surface area contributed by atoms with E-state index in [0.717, 1.165) is 5.56 Å². The van der Waals surface area contributed by atoms with E-state index in [0.29, 0.717) is 20.2 Å². The maximum Gasteiger partial charge on any atom is 0.339 e. The molecule has 154 valence electrons. The third-order valence-electron chi connectivity index (χ3n) is 3.95. The van der Waals surface area contributed by atoms with Crippen molar-refractivity contribution in [3.63, 3.8) is 0 Å². The van der Waals surface area contributed by atoms with E-state index in [-0.39, 0.29) is 16.3 Å².